The Labute approximate surface area is 143 Å². The SMILES string of the molecule is Br.NC(N)=Nc1nc(-c2ccc(-c3ccccc3)cc2)cs1. The molecular weight excluding hydrogens is 360 g/mol. The smallest absolute Gasteiger partial charge is 0.212 e. The summed E-state index contributed by atoms with van der Waals surface area (Å²) in [4.78, 5) is 8.34. The molecule has 0 saturated heterocycles. The lowest BCUT2D eigenvalue weighted by Crippen LogP contribution is -2.21. The molecule has 6 heteroatoms. The van der Waals surface area contributed by atoms with Crippen molar-refractivity contribution in [3.63, 3.8) is 0 Å². The van der Waals surface area contributed by atoms with Crippen molar-refractivity contribution in [2.24, 2.45) is 16.5 Å². The summed E-state index contributed by atoms with van der Waals surface area (Å²) in [6.07, 6.45) is 0. The molecule has 112 valence electrons. The molecule has 0 amide bonds. The highest BCUT2D eigenvalue weighted by Crippen LogP contribution is 2.28. The largest absolute Gasteiger partial charge is 0.370 e. The maximum Gasteiger partial charge on any atom is 0.212 e. The number of hydrogen-bond donors (Lipinski definition) is 2. The average molecular weight is 375 g/mol. The van der Waals surface area contributed by atoms with Gasteiger partial charge in [0.1, 0.15) is 0 Å². The summed E-state index contributed by atoms with van der Waals surface area (Å²) in [5, 5.41) is 2.51. The van der Waals surface area contributed by atoms with Gasteiger partial charge in [0.2, 0.25) is 5.13 Å². The minimum Gasteiger partial charge on any atom is -0.370 e. The van der Waals surface area contributed by atoms with Crippen LogP contribution in [0.2, 0.25) is 0 Å². The normalized spacial score (nSPS) is 9.82. The van der Waals surface area contributed by atoms with Crippen LogP contribution in [-0.2, 0) is 0 Å². The van der Waals surface area contributed by atoms with Gasteiger partial charge in [0.05, 0.1) is 5.69 Å². The first kappa shape index (κ1) is 16.2. The number of nitrogens with two attached hydrogens (primary N) is 2. The molecule has 0 aliphatic heterocycles. The zero-order valence-corrected chi connectivity index (χ0v) is 14.2. The monoisotopic (exact) mass is 374 g/mol. The minimum atomic E-state index is 0. The van der Waals surface area contributed by atoms with Gasteiger partial charge in [-0.2, -0.15) is 4.99 Å². The average Bonchev–Trinajstić information content (AvgIpc) is 2.96. The molecule has 0 aliphatic rings. The molecule has 0 aliphatic carbocycles. The topological polar surface area (TPSA) is 77.3 Å². The van der Waals surface area contributed by atoms with Gasteiger partial charge in [-0.15, -0.1) is 28.3 Å². The zero-order valence-electron chi connectivity index (χ0n) is 11.6. The van der Waals surface area contributed by atoms with E-state index in [1.165, 1.54) is 22.5 Å². The molecule has 1 aromatic heterocycles. The Kier molecular flexibility index (Phi) is 5.30. The Morgan fingerprint density at radius 2 is 1.45 bits per heavy atom. The van der Waals surface area contributed by atoms with Crippen LogP contribution in [0.15, 0.2) is 65.0 Å². The summed E-state index contributed by atoms with van der Waals surface area (Å²) in [7, 11) is 0. The third-order valence-electron chi connectivity index (χ3n) is 3.00. The predicted octanol–water partition coefficient (Wildman–Crippen LogP) is 3.96. The number of aromatic nitrogens is 1. The molecule has 4 nitrogen and oxygen atoms in total. The fourth-order valence-corrected chi connectivity index (χ4v) is 2.74. The van der Waals surface area contributed by atoms with Crippen molar-refractivity contribution in [3.05, 3.63) is 60.0 Å². The Hall–Kier alpha value is -2.18. The zero-order chi connectivity index (χ0) is 14.7. The van der Waals surface area contributed by atoms with Crippen molar-refractivity contribution in [1.29, 1.82) is 0 Å². The second kappa shape index (κ2) is 7.20. The van der Waals surface area contributed by atoms with Crippen molar-refractivity contribution < 1.29 is 0 Å². The predicted molar refractivity (Wildman–Crippen MR) is 98.8 cm³/mol. The molecule has 0 radical (unpaired) electrons. The number of nitrogens with zero attached hydrogens (tertiary/aromatic N) is 2. The highest BCUT2D eigenvalue weighted by molar-refractivity contribution is 8.93. The van der Waals surface area contributed by atoms with E-state index < -0.39 is 0 Å². The first-order chi connectivity index (χ1) is 10.2. The number of guanidine groups is 1. The molecule has 4 N–H and O–H groups in total. The minimum absolute atomic E-state index is 0. The molecule has 0 atom stereocenters. The van der Waals surface area contributed by atoms with Crippen LogP contribution >= 0.6 is 28.3 Å². The number of hydrogen-bond acceptors (Lipinski definition) is 3. The van der Waals surface area contributed by atoms with E-state index in [1.54, 1.807) is 0 Å². The molecule has 2 aromatic carbocycles. The third-order valence-corrected chi connectivity index (χ3v) is 3.74. The van der Waals surface area contributed by atoms with Crippen LogP contribution in [-0.4, -0.2) is 10.9 Å². The van der Waals surface area contributed by atoms with Gasteiger partial charge in [0.15, 0.2) is 5.96 Å². The van der Waals surface area contributed by atoms with Crippen molar-refractivity contribution in [2.75, 3.05) is 0 Å². The number of benzene rings is 2. The number of halogens is 1. The Morgan fingerprint density at radius 1 is 0.864 bits per heavy atom. The van der Waals surface area contributed by atoms with Crippen LogP contribution in [0.1, 0.15) is 0 Å². The van der Waals surface area contributed by atoms with E-state index in [0.29, 0.717) is 5.13 Å². The summed E-state index contributed by atoms with van der Waals surface area (Å²) >= 11 is 1.41. The maximum atomic E-state index is 5.35. The maximum absolute atomic E-state index is 5.35. The molecule has 0 spiro atoms. The van der Waals surface area contributed by atoms with Gasteiger partial charge in [-0.25, -0.2) is 4.98 Å². The van der Waals surface area contributed by atoms with Crippen molar-refractivity contribution in [1.82, 2.24) is 4.98 Å². The van der Waals surface area contributed by atoms with E-state index in [-0.39, 0.29) is 22.9 Å². The van der Waals surface area contributed by atoms with E-state index >= 15 is 0 Å². The lowest BCUT2D eigenvalue weighted by Gasteiger charge is -2.02. The molecule has 0 unspecified atom stereocenters. The molecule has 0 saturated carbocycles. The molecule has 1 heterocycles. The molecule has 3 rings (SSSR count). The van der Waals surface area contributed by atoms with E-state index in [1.807, 2.05) is 23.6 Å². The van der Waals surface area contributed by atoms with Crippen LogP contribution in [0.5, 0.6) is 0 Å². The number of thiazole rings is 1. The highest BCUT2D eigenvalue weighted by Gasteiger charge is 2.04. The summed E-state index contributed by atoms with van der Waals surface area (Å²) in [6, 6.07) is 18.5. The summed E-state index contributed by atoms with van der Waals surface area (Å²) in [6.45, 7) is 0. The fourth-order valence-electron chi connectivity index (χ4n) is 2.02. The fraction of sp³-hybridized carbons (Fsp3) is 0. The van der Waals surface area contributed by atoms with Gasteiger partial charge in [-0.3, -0.25) is 0 Å². The van der Waals surface area contributed by atoms with Gasteiger partial charge in [0.25, 0.3) is 0 Å². The molecule has 0 bridgehead atoms. The van der Waals surface area contributed by atoms with Crippen LogP contribution < -0.4 is 11.5 Å². The van der Waals surface area contributed by atoms with Crippen LogP contribution in [0.4, 0.5) is 5.13 Å². The van der Waals surface area contributed by atoms with Gasteiger partial charge in [0, 0.05) is 10.9 Å². The summed E-state index contributed by atoms with van der Waals surface area (Å²) in [5.74, 6) is 0.0234. The Bertz CT molecular complexity index is 762. The Balaban J connectivity index is 0.00000176. The lowest BCUT2D eigenvalue weighted by atomic mass is 10.0. The number of rotatable bonds is 3. The molecule has 0 fully saturated rings. The first-order valence-corrected chi connectivity index (χ1v) is 7.31. The first-order valence-electron chi connectivity index (χ1n) is 6.43. The van der Waals surface area contributed by atoms with Crippen LogP contribution in [0.3, 0.4) is 0 Å². The van der Waals surface area contributed by atoms with E-state index in [9.17, 15) is 0 Å². The molecule has 3 aromatic rings. The standard InChI is InChI=1S/C16H14N4S.BrH/c17-15(18)20-16-19-14(10-21-16)13-8-6-12(7-9-13)11-4-2-1-3-5-11;/h1-10H,(H4,17,18,19,20);1H. The van der Waals surface area contributed by atoms with Crippen LogP contribution in [0, 0.1) is 0 Å². The highest BCUT2D eigenvalue weighted by atomic mass is 79.9. The lowest BCUT2D eigenvalue weighted by molar-refractivity contribution is 1.33. The van der Waals surface area contributed by atoms with Crippen LogP contribution in [0.25, 0.3) is 22.4 Å². The van der Waals surface area contributed by atoms with E-state index in [0.717, 1.165) is 11.3 Å². The van der Waals surface area contributed by atoms with Crippen molar-refractivity contribution in [3.8, 4) is 22.4 Å². The van der Waals surface area contributed by atoms with Crippen molar-refractivity contribution in [2.45, 2.75) is 0 Å². The van der Waals surface area contributed by atoms with Gasteiger partial charge < -0.3 is 11.5 Å². The second-order valence-electron chi connectivity index (χ2n) is 4.50. The summed E-state index contributed by atoms with van der Waals surface area (Å²) in [5.41, 5.74) is 15.0. The Morgan fingerprint density at radius 3 is 2.09 bits per heavy atom. The molecule has 22 heavy (non-hydrogen) atoms. The van der Waals surface area contributed by atoms with E-state index in [4.69, 9.17) is 11.5 Å². The third kappa shape index (κ3) is 3.72. The van der Waals surface area contributed by atoms with Gasteiger partial charge in [-0.05, 0) is 11.1 Å². The quantitative estimate of drug-likeness (QED) is 0.537. The van der Waals surface area contributed by atoms with Gasteiger partial charge >= 0.3 is 0 Å². The van der Waals surface area contributed by atoms with Crippen molar-refractivity contribution >= 4 is 39.4 Å². The van der Waals surface area contributed by atoms with E-state index in [2.05, 4.69) is 46.4 Å². The number of aliphatic imine (C=N–C) groups is 1. The molecular formula is C16H15BrN4S. The summed E-state index contributed by atoms with van der Waals surface area (Å²) < 4.78 is 0. The second-order valence-corrected chi connectivity index (χ2v) is 5.33. The van der Waals surface area contributed by atoms with Gasteiger partial charge in [-0.1, -0.05) is 54.6 Å².